The second kappa shape index (κ2) is 7.16. The number of aryl methyl sites for hydroxylation is 1. The third kappa shape index (κ3) is 3.01. The lowest BCUT2D eigenvalue weighted by Gasteiger charge is -2.17. The van der Waals surface area contributed by atoms with E-state index in [0.717, 1.165) is 36.0 Å². The molecule has 0 bridgehead atoms. The Balaban J connectivity index is 1.31. The largest absolute Gasteiger partial charge is 0.481 e. The number of carbonyl (C=O) groups excluding carboxylic acids is 2. The van der Waals surface area contributed by atoms with Crippen LogP contribution in [0.25, 0.3) is 10.9 Å². The zero-order valence-electron chi connectivity index (χ0n) is 17.1. The van der Waals surface area contributed by atoms with Crippen LogP contribution in [-0.4, -0.2) is 63.0 Å². The van der Waals surface area contributed by atoms with E-state index in [2.05, 4.69) is 10.2 Å². The Kier molecular flexibility index (Phi) is 4.45. The minimum absolute atomic E-state index is 0.00822. The van der Waals surface area contributed by atoms with Crippen molar-refractivity contribution in [3.05, 3.63) is 36.2 Å². The van der Waals surface area contributed by atoms with Gasteiger partial charge in [0.25, 0.3) is 5.91 Å². The predicted octanol–water partition coefficient (Wildman–Crippen LogP) is 1.99. The Labute approximate surface area is 173 Å². The number of fused-ring (bicyclic) bond motifs is 1. The molecule has 30 heavy (non-hydrogen) atoms. The quantitative estimate of drug-likeness (QED) is 0.659. The third-order valence-electron chi connectivity index (χ3n) is 6.02. The van der Waals surface area contributed by atoms with Gasteiger partial charge in [-0.05, 0) is 31.0 Å². The number of carbonyl (C=O) groups is 2. The molecule has 0 radical (unpaired) electrons. The Morgan fingerprint density at radius 1 is 1.27 bits per heavy atom. The predicted molar refractivity (Wildman–Crippen MR) is 111 cm³/mol. The zero-order valence-corrected chi connectivity index (χ0v) is 17.1. The normalized spacial score (nSPS) is 19.3. The molecule has 2 aliphatic heterocycles. The average molecular weight is 408 g/mol. The van der Waals surface area contributed by atoms with Crippen LogP contribution in [0.15, 0.2) is 30.6 Å². The standard InChI is InChI=1S/C21H24N6O3/c1-24-21(30-2)17-6-5-14(10-18(17)23-24)20(29)25-9-7-15(12-25)27-13-16(11-22-27)26-8-3-4-19(26)28/h5-6,10-11,13,15H,3-4,7-9,12H2,1-2H3. The highest BCUT2D eigenvalue weighted by molar-refractivity contribution is 5.99. The van der Waals surface area contributed by atoms with E-state index in [1.165, 1.54) is 0 Å². The van der Waals surface area contributed by atoms with Gasteiger partial charge in [0.05, 0.1) is 35.9 Å². The number of benzene rings is 1. The van der Waals surface area contributed by atoms with Crippen molar-refractivity contribution in [1.29, 1.82) is 0 Å². The molecule has 2 aromatic heterocycles. The number of hydrogen-bond acceptors (Lipinski definition) is 5. The van der Waals surface area contributed by atoms with Gasteiger partial charge in [-0.2, -0.15) is 10.2 Å². The second-order valence-electron chi connectivity index (χ2n) is 7.89. The van der Waals surface area contributed by atoms with E-state index in [1.807, 2.05) is 41.0 Å². The summed E-state index contributed by atoms with van der Waals surface area (Å²) in [5.74, 6) is 0.821. The maximum atomic E-state index is 13.1. The molecule has 2 saturated heterocycles. The molecule has 3 aromatic rings. The van der Waals surface area contributed by atoms with Crippen LogP contribution in [0.4, 0.5) is 5.69 Å². The number of anilines is 1. The fourth-order valence-electron chi connectivity index (χ4n) is 4.46. The molecule has 9 heteroatoms. The first-order valence-corrected chi connectivity index (χ1v) is 10.2. The summed E-state index contributed by atoms with van der Waals surface area (Å²) in [4.78, 5) is 28.7. The van der Waals surface area contributed by atoms with Crippen molar-refractivity contribution in [2.75, 3.05) is 31.6 Å². The van der Waals surface area contributed by atoms with Gasteiger partial charge in [0.1, 0.15) is 0 Å². The summed E-state index contributed by atoms with van der Waals surface area (Å²) in [7, 11) is 3.43. The van der Waals surface area contributed by atoms with E-state index in [-0.39, 0.29) is 17.9 Å². The molecule has 5 rings (SSSR count). The minimum Gasteiger partial charge on any atom is -0.481 e. The number of methoxy groups -OCH3 is 1. The van der Waals surface area contributed by atoms with E-state index in [0.29, 0.717) is 31.0 Å². The number of amides is 2. The van der Waals surface area contributed by atoms with Crippen LogP contribution in [0, 0.1) is 0 Å². The first-order valence-electron chi connectivity index (χ1n) is 10.2. The van der Waals surface area contributed by atoms with Crippen LogP contribution in [0.1, 0.15) is 35.7 Å². The summed E-state index contributed by atoms with van der Waals surface area (Å²) in [5.41, 5.74) is 2.20. The van der Waals surface area contributed by atoms with Crippen molar-refractivity contribution in [3.8, 4) is 5.88 Å². The zero-order chi connectivity index (χ0) is 20.8. The highest BCUT2D eigenvalue weighted by Crippen LogP contribution is 2.29. The van der Waals surface area contributed by atoms with Crippen molar-refractivity contribution in [1.82, 2.24) is 24.5 Å². The molecule has 1 aromatic carbocycles. The van der Waals surface area contributed by atoms with Crippen LogP contribution in [-0.2, 0) is 11.8 Å². The smallest absolute Gasteiger partial charge is 0.254 e. The Morgan fingerprint density at radius 3 is 2.90 bits per heavy atom. The van der Waals surface area contributed by atoms with E-state index in [9.17, 15) is 9.59 Å². The number of likely N-dealkylation sites (tertiary alicyclic amines) is 1. The van der Waals surface area contributed by atoms with Crippen molar-refractivity contribution >= 4 is 28.4 Å². The van der Waals surface area contributed by atoms with Crippen LogP contribution in [0.5, 0.6) is 5.88 Å². The molecule has 1 unspecified atom stereocenters. The van der Waals surface area contributed by atoms with Crippen molar-refractivity contribution in [3.63, 3.8) is 0 Å². The summed E-state index contributed by atoms with van der Waals surface area (Å²) in [6.45, 7) is 2.02. The summed E-state index contributed by atoms with van der Waals surface area (Å²) >= 11 is 0. The maximum absolute atomic E-state index is 13.1. The topological polar surface area (TPSA) is 85.5 Å². The second-order valence-corrected chi connectivity index (χ2v) is 7.89. The van der Waals surface area contributed by atoms with Gasteiger partial charge in [0.2, 0.25) is 11.8 Å². The summed E-state index contributed by atoms with van der Waals surface area (Å²) in [6.07, 6.45) is 6.00. The van der Waals surface area contributed by atoms with Gasteiger partial charge in [0, 0.05) is 44.9 Å². The molecular weight excluding hydrogens is 384 g/mol. The van der Waals surface area contributed by atoms with Gasteiger partial charge in [-0.3, -0.25) is 14.3 Å². The number of aromatic nitrogens is 4. The van der Waals surface area contributed by atoms with E-state index < -0.39 is 0 Å². The fourth-order valence-corrected chi connectivity index (χ4v) is 4.46. The molecule has 0 N–H and O–H groups in total. The lowest BCUT2D eigenvalue weighted by atomic mass is 10.1. The van der Waals surface area contributed by atoms with Crippen molar-refractivity contribution in [2.24, 2.45) is 7.05 Å². The lowest BCUT2D eigenvalue weighted by Crippen LogP contribution is -2.29. The first-order chi connectivity index (χ1) is 14.5. The molecule has 0 aliphatic carbocycles. The van der Waals surface area contributed by atoms with Crippen LogP contribution in [0.2, 0.25) is 0 Å². The maximum Gasteiger partial charge on any atom is 0.254 e. The summed E-state index contributed by atoms with van der Waals surface area (Å²) in [5, 5.41) is 9.79. The first kappa shape index (κ1) is 18.7. The molecular formula is C21H24N6O3. The van der Waals surface area contributed by atoms with Crippen molar-refractivity contribution in [2.45, 2.75) is 25.3 Å². The SMILES string of the molecule is COc1c2ccc(C(=O)N3CCC(n4cc(N5CCCC5=O)cn4)C3)cc2nn1C. The van der Waals surface area contributed by atoms with Gasteiger partial charge >= 0.3 is 0 Å². The number of hydrogen-bond donors (Lipinski definition) is 0. The molecule has 2 aliphatic rings. The van der Waals surface area contributed by atoms with E-state index >= 15 is 0 Å². The van der Waals surface area contributed by atoms with Crippen molar-refractivity contribution < 1.29 is 14.3 Å². The Hall–Kier alpha value is -3.36. The highest BCUT2D eigenvalue weighted by atomic mass is 16.5. The monoisotopic (exact) mass is 408 g/mol. The van der Waals surface area contributed by atoms with Crippen LogP contribution in [0.3, 0.4) is 0 Å². The van der Waals surface area contributed by atoms with Gasteiger partial charge in [-0.25, -0.2) is 4.68 Å². The van der Waals surface area contributed by atoms with Gasteiger partial charge in [-0.1, -0.05) is 0 Å². The minimum atomic E-state index is -0.00822. The lowest BCUT2D eigenvalue weighted by molar-refractivity contribution is -0.117. The number of rotatable bonds is 4. The molecule has 0 saturated carbocycles. The van der Waals surface area contributed by atoms with Gasteiger partial charge in [-0.15, -0.1) is 0 Å². The molecule has 2 fully saturated rings. The summed E-state index contributed by atoms with van der Waals surface area (Å²) in [6, 6.07) is 5.64. The molecule has 1 atom stereocenters. The molecule has 9 nitrogen and oxygen atoms in total. The van der Waals surface area contributed by atoms with Gasteiger partial charge < -0.3 is 14.5 Å². The average Bonchev–Trinajstić information content (AvgIpc) is 3.51. The molecule has 0 spiro atoms. The third-order valence-corrected chi connectivity index (χ3v) is 6.02. The van der Waals surface area contributed by atoms with Gasteiger partial charge in [0.15, 0.2) is 0 Å². The van der Waals surface area contributed by atoms with E-state index in [1.54, 1.807) is 22.9 Å². The number of nitrogens with zero attached hydrogens (tertiary/aromatic N) is 6. The Bertz CT molecular complexity index is 1130. The molecule has 4 heterocycles. The summed E-state index contributed by atoms with van der Waals surface area (Å²) < 4.78 is 8.94. The fraction of sp³-hybridized carbons (Fsp3) is 0.429. The highest BCUT2D eigenvalue weighted by Gasteiger charge is 2.30. The van der Waals surface area contributed by atoms with Crippen LogP contribution < -0.4 is 9.64 Å². The van der Waals surface area contributed by atoms with Crippen LogP contribution >= 0.6 is 0 Å². The Morgan fingerprint density at radius 2 is 2.13 bits per heavy atom. The number of ether oxygens (including phenoxy) is 1. The van der Waals surface area contributed by atoms with E-state index in [4.69, 9.17) is 4.74 Å². The molecule has 156 valence electrons. The molecule has 2 amide bonds.